The number of unbranched alkanes of at least 4 members (excludes halogenated alkanes) is 1. The first-order valence-electron chi connectivity index (χ1n) is 8.64. The fraction of sp³-hybridized carbons (Fsp3) is 0.316. The average molecular weight is 431 g/mol. The highest BCUT2D eigenvalue weighted by molar-refractivity contribution is 7.90. The molecule has 2 aromatic rings. The van der Waals surface area contributed by atoms with Crippen molar-refractivity contribution >= 4 is 21.5 Å². The van der Waals surface area contributed by atoms with Crippen LogP contribution in [0.5, 0.6) is 5.75 Å². The van der Waals surface area contributed by atoms with Crippen LogP contribution < -0.4 is 10.1 Å². The molecule has 2 aromatic carbocycles. The number of anilines is 1. The van der Waals surface area contributed by atoms with Gasteiger partial charge >= 0.3 is 12.3 Å². The number of nitrogens with one attached hydrogen (secondary N) is 1. The van der Waals surface area contributed by atoms with Crippen LogP contribution in [0.25, 0.3) is 11.1 Å². The maximum absolute atomic E-state index is 12.6. The summed E-state index contributed by atoms with van der Waals surface area (Å²) in [6.45, 7) is 2.37. The molecule has 10 heteroatoms. The summed E-state index contributed by atoms with van der Waals surface area (Å²) in [6, 6.07) is 7.13. The number of hydrogen-bond acceptors (Lipinski definition) is 5. The summed E-state index contributed by atoms with van der Waals surface area (Å²) in [5, 5.41) is 12.3. The van der Waals surface area contributed by atoms with Crippen LogP contribution in [0.1, 0.15) is 30.1 Å². The SMILES string of the molecule is CCCCNc1cc(C(=O)O)cc(S(C)(=O)=O)c1-c1cccc(OC(F)(F)F)c1. The molecular formula is C19H20F3NO5S. The van der Waals surface area contributed by atoms with Crippen molar-refractivity contribution in [1.82, 2.24) is 0 Å². The fourth-order valence-corrected chi connectivity index (χ4v) is 3.66. The molecule has 0 spiro atoms. The van der Waals surface area contributed by atoms with E-state index in [2.05, 4.69) is 10.1 Å². The van der Waals surface area contributed by atoms with Crippen LogP contribution in [-0.2, 0) is 9.84 Å². The second kappa shape index (κ2) is 8.73. The molecule has 6 nitrogen and oxygen atoms in total. The van der Waals surface area contributed by atoms with E-state index in [-0.39, 0.29) is 27.3 Å². The van der Waals surface area contributed by atoms with E-state index in [0.717, 1.165) is 37.3 Å². The van der Waals surface area contributed by atoms with Gasteiger partial charge in [0, 0.05) is 24.1 Å². The van der Waals surface area contributed by atoms with Crippen LogP contribution in [-0.4, -0.2) is 38.7 Å². The van der Waals surface area contributed by atoms with Crippen molar-refractivity contribution in [3.63, 3.8) is 0 Å². The van der Waals surface area contributed by atoms with Crippen molar-refractivity contribution in [2.75, 3.05) is 18.1 Å². The Labute approximate surface area is 166 Å². The van der Waals surface area contributed by atoms with E-state index >= 15 is 0 Å². The standard InChI is InChI=1S/C19H20F3NO5S/c1-3-4-8-23-15-10-13(18(24)25)11-16(29(2,26)27)17(15)12-6-5-7-14(9-12)28-19(20,21)22/h5-7,9-11,23H,3-4,8H2,1-2H3,(H,24,25). The lowest BCUT2D eigenvalue weighted by Crippen LogP contribution is -2.17. The van der Waals surface area contributed by atoms with Gasteiger partial charge in [0.1, 0.15) is 5.75 Å². The average Bonchev–Trinajstić information content (AvgIpc) is 2.59. The topological polar surface area (TPSA) is 92.7 Å². The number of sulfone groups is 1. The zero-order valence-electron chi connectivity index (χ0n) is 15.7. The Bertz CT molecular complexity index is 1000. The third-order valence-corrected chi connectivity index (χ3v) is 5.07. The summed E-state index contributed by atoms with van der Waals surface area (Å²) in [5.74, 6) is -1.84. The van der Waals surface area contributed by atoms with E-state index in [1.165, 1.54) is 18.2 Å². The van der Waals surface area contributed by atoms with Crippen LogP contribution in [0.4, 0.5) is 18.9 Å². The molecule has 0 saturated carbocycles. The first kappa shape index (κ1) is 22.5. The zero-order chi connectivity index (χ0) is 21.8. The number of carbonyl (C=O) groups is 1. The van der Waals surface area contributed by atoms with Crippen molar-refractivity contribution in [2.45, 2.75) is 31.0 Å². The number of rotatable bonds is 8. The van der Waals surface area contributed by atoms with Crippen LogP contribution >= 0.6 is 0 Å². The van der Waals surface area contributed by atoms with Gasteiger partial charge in [-0.2, -0.15) is 0 Å². The Morgan fingerprint density at radius 3 is 2.45 bits per heavy atom. The number of benzene rings is 2. The normalized spacial score (nSPS) is 11.9. The molecule has 0 amide bonds. The highest BCUT2D eigenvalue weighted by Crippen LogP contribution is 2.38. The lowest BCUT2D eigenvalue weighted by molar-refractivity contribution is -0.274. The third kappa shape index (κ3) is 6.11. The Morgan fingerprint density at radius 1 is 1.21 bits per heavy atom. The second-order valence-corrected chi connectivity index (χ2v) is 8.31. The zero-order valence-corrected chi connectivity index (χ0v) is 16.5. The van der Waals surface area contributed by atoms with E-state index in [9.17, 15) is 31.5 Å². The van der Waals surface area contributed by atoms with Gasteiger partial charge in [0.15, 0.2) is 9.84 Å². The third-order valence-electron chi connectivity index (χ3n) is 3.95. The number of ether oxygens (including phenoxy) is 1. The molecule has 29 heavy (non-hydrogen) atoms. The van der Waals surface area contributed by atoms with Gasteiger partial charge in [-0.05, 0) is 36.2 Å². The summed E-state index contributed by atoms with van der Waals surface area (Å²) in [7, 11) is -3.91. The van der Waals surface area contributed by atoms with Crippen molar-refractivity contribution in [2.24, 2.45) is 0 Å². The van der Waals surface area contributed by atoms with Gasteiger partial charge in [0.2, 0.25) is 0 Å². The molecule has 0 aromatic heterocycles. The van der Waals surface area contributed by atoms with E-state index in [0.29, 0.717) is 6.54 Å². The number of carboxylic acid groups (broad SMARTS) is 1. The van der Waals surface area contributed by atoms with Crippen molar-refractivity contribution in [3.05, 3.63) is 42.0 Å². The minimum atomic E-state index is -4.91. The highest BCUT2D eigenvalue weighted by Gasteiger charge is 2.31. The summed E-state index contributed by atoms with van der Waals surface area (Å²) in [5.41, 5.74) is 0.170. The van der Waals surface area contributed by atoms with Crippen LogP contribution in [0.15, 0.2) is 41.3 Å². The number of aromatic carboxylic acids is 1. The van der Waals surface area contributed by atoms with E-state index in [1.807, 2.05) is 6.92 Å². The molecule has 2 N–H and O–H groups in total. The Morgan fingerprint density at radius 2 is 1.90 bits per heavy atom. The summed E-state index contributed by atoms with van der Waals surface area (Å²) in [4.78, 5) is 11.1. The van der Waals surface area contributed by atoms with Crippen molar-refractivity contribution in [3.8, 4) is 16.9 Å². The predicted molar refractivity (Wildman–Crippen MR) is 102 cm³/mol. The predicted octanol–water partition coefficient (Wildman–Crippen LogP) is 4.57. The van der Waals surface area contributed by atoms with Crippen LogP contribution in [0.2, 0.25) is 0 Å². The lowest BCUT2D eigenvalue weighted by Gasteiger charge is -2.18. The van der Waals surface area contributed by atoms with E-state index in [1.54, 1.807) is 0 Å². The Hall–Kier alpha value is -2.75. The molecule has 0 bridgehead atoms. The maximum Gasteiger partial charge on any atom is 0.573 e. The molecule has 0 saturated heterocycles. The highest BCUT2D eigenvalue weighted by atomic mass is 32.2. The summed E-state index contributed by atoms with van der Waals surface area (Å²) < 4.78 is 66.4. The molecule has 0 fully saturated rings. The molecule has 158 valence electrons. The van der Waals surface area contributed by atoms with E-state index in [4.69, 9.17) is 0 Å². The summed E-state index contributed by atoms with van der Waals surface area (Å²) in [6.07, 6.45) is -2.45. The van der Waals surface area contributed by atoms with E-state index < -0.39 is 27.9 Å². The van der Waals surface area contributed by atoms with Gasteiger partial charge in [0.25, 0.3) is 0 Å². The molecule has 0 aliphatic carbocycles. The van der Waals surface area contributed by atoms with Crippen molar-refractivity contribution < 1.29 is 36.2 Å². The largest absolute Gasteiger partial charge is 0.573 e. The molecular weight excluding hydrogens is 411 g/mol. The fourth-order valence-electron chi connectivity index (χ4n) is 2.72. The minimum Gasteiger partial charge on any atom is -0.478 e. The van der Waals surface area contributed by atoms with Crippen LogP contribution in [0.3, 0.4) is 0 Å². The van der Waals surface area contributed by atoms with Gasteiger partial charge < -0.3 is 15.2 Å². The minimum absolute atomic E-state index is 0.0845. The quantitative estimate of drug-likeness (QED) is 0.595. The van der Waals surface area contributed by atoms with Gasteiger partial charge in [0.05, 0.1) is 10.5 Å². The summed E-state index contributed by atoms with van der Waals surface area (Å²) >= 11 is 0. The first-order valence-corrected chi connectivity index (χ1v) is 10.5. The number of carboxylic acids is 1. The van der Waals surface area contributed by atoms with Gasteiger partial charge in [-0.1, -0.05) is 25.5 Å². The maximum atomic E-state index is 12.6. The molecule has 0 aliphatic rings. The molecule has 0 heterocycles. The Balaban J connectivity index is 2.73. The van der Waals surface area contributed by atoms with Crippen LogP contribution in [0, 0.1) is 0 Å². The van der Waals surface area contributed by atoms with Crippen molar-refractivity contribution in [1.29, 1.82) is 0 Å². The number of halogens is 3. The molecule has 0 atom stereocenters. The monoisotopic (exact) mass is 431 g/mol. The smallest absolute Gasteiger partial charge is 0.478 e. The molecule has 0 radical (unpaired) electrons. The van der Waals surface area contributed by atoms with Gasteiger partial charge in [-0.3, -0.25) is 0 Å². The lowest BCUT2D eigenvalue weighted by atomic mass is 10.0. The van der Waals surface area contributed by atoms with Gasteiger partial charge in [-0.15, -0.1) is 13.2 Å². The number of alkyl halides is 3. The Kier molecular flexibility index (Phi) is 6.78. The molecule has 0 aliphatic heterocycles. The molecule has 0 unspecified atom stereocenters. The van der Waals surface area contributed by atoms with Gasteiger partial charge in [-0.25, -0.2) is 13.2 Å². The number of hydrogen-bond donors (Lipinski definition) is 2. The second-order valence-electron chi connectivity index (χ2n) is 6.33. The molecule has 2 rings (SSSR count). The first-order chi connectivity index (χ1) is 13.4.